The second-order valence-electron chi connectivity index (χ2n) is 5.42. The van der Waals surface area contributed by atoms with E-state index in [0.29, 0.717) is 5.41 Å². The molecular formula is C12H20. The minimum absolute atomic E-state index is 0.550. The van der Waals surface area contributed by atoms with Gasteiger partial charge in [0, 0.05) is 0 Å². The lowest BCUT2D eigenvalue weighted by Gasteiger charge is -2.38. The van der Waals surface area contributed by atoms with Crippen LogP contribution in [0.3, 0.4) is 0 Å². The Hall–Kier alpha value is -0.260. The number of rotatable bonds is 1. The SMILES string of the molecule is C=C(C)[C@H]1[C@H]2CC[C@@H](C2)C1(C)C. The lowest BCUT2D eigenvalue weighted by Crippen LogP contribution is -2.31. The standard InChI is InChI=1S/C12H20/c1-8(2)11-9-5-6-10(7-9)12(11,3)4/h9-11H,1,5-7H2,2-4H3/t9-,10-,11-/m0/s1. The summed E-state index contributed by atoms with van der Waals surface area (Å²) in [6.07, 6.45) is 4.41. The molecule has 2 aliphatic carbocycles. The highest BCUT2D eigenvalue weighted by molar-refractivity contribution is 5.13. The Morgan fingerprint density at radius 2 is 2.00 bits per heavy atom. The van der Waals surface area contributed by atoms with Gasteiger partial charge in [0.25, 0.3) is 0 Å². The fourth-order valence-electron chi connectivity index (χ4n) is 3.89. The van der Waals surface area contributed by atoms with Crippen LogP contribution in [0.25, 0.3) is 0 Å². The van der Waals surface area contributed by atoms with E-state index in [-0.39, 0.29) is 0 Å². The summed E-state index contributed by atoms with van der Waals surface area (Å²) in [6, 6.07) is 0. The van der Waals surface area contributed by atoms with E-state index in [9.17, 15) is 0 Å². The van der Waals surface area contributed by atoms with Gasteiger partial charge < -0.3 is 0 Å². The van der Waals surface area contributed by atoms with Gasteiger partial charge in [0.05, 0.1) is 0 Å². The number of allylic oxidation sites excluding steroid dienone is 1. The lowest BCUT2D eigenvalue weighted by molar-refractivity contribution is 0.150. The molecular weight excluding hydrogens is 144 g/mol. The molecule has 0 spiro atoms. The van der Waals surface area contributed by atoms with E-state index in [4.69, 9.17) is 0 Å². The molecule has 12 heavy (non-hydrogen) atoms. The van der Waals surface area contributed by atoms with E-state index < -0.39 is 0 Å². The minimum Gasteiger partial charge on any atom is -0.0998 e. The van der Waals surface area contributed by atoms with E-state index in [1.165, 1.54) is 24.8 Å². The lowest BCUT2D eigenvalue weighted by atomic mass is 9.66. The van der Waals surface area contributed by atoms with Crippen molar-refractivity contribution in [3.05, 3.63) is 12.2 Å². The van der Waals surface area contributed by atoms with Crippen molar-refractivity contribution in [1.29, 1.82) is 0 Å². The molecule has 0 saturated heterocycles. The second kappa shape index (κ2) is 2.37. The minimum atomic E-state index is 0.550. The largest absolute Gasteiger partial charge is 0.0998 e. The summed E-state index contributed by atoms with van der Waals surface area (Å²) in [5.41, 5.74) is 1.97. The van der Waals surface area contributed by atoms with E-state index in [0.717, 1.165) is 17.8 Å². The average Bonchev–Trinajstić information content (AvgIpc) is 2.41. The molecule has 2 rings (SSSR count). The third-order valence-corrected chi connectivity index (χ3v) is 4.33. The van der Waals surface area contributed by atoms with E-state index >= 15 is 0 Å². The number of hydrogen-bond donors (Lipinski definition) is 0. The highest BCUT2D eigenvalue weighted by Gasteiger charge is 2.52. The predicted molar refractivity (Wildman–Crippen MR) is 52.9 cm³/mol. The van der Waals surface area contributed by atoms with E-state index in [2.05, 4.69) is 27.4 Å². The highest BCUT2D eigenvalue weighted by Crippen LogP contribution is 2.61. The van der Waals surface area contributed by atoms with Crippen molar-refractivity contribution < 1.29 is 0 Å². The molecule has 2 fully saturated rings. The highest BCUT2D eigenvalue weighted by atomic mass is 14.6. The number of fused-ring (bicyclic) bond motifs is 2. The average molecular weight is 164 g/mol. The fraction of sp³-hybridized carbons (Fsp3) is 0.833. The summed E-state index contributed by atoms with van der Waals surface area (Å²) in [7, 11) is 0. The third kappa shape index (κ3) is 0.901. The molecule has 0 heterocycles. The van der Waals surface area contributed by atoms with Gasteiger partial charge in [0.2, 0.25) is 0 Å². The summed E-state index contributed by atoms with van der Waals surface area (Å²) in [5.74, 6) is 2.78. The van der Waals surface area contributed by atoms with Crippen LogP contribution in [0, 0.1) is 23.2 Å². The molecule has 0 aliphatic heterocycles. The van der Waals surface area contributed by atoms with Crippen molar-refractivity contribution in [2.75, 3.05) is 0 Å². The van der Waals surface area contributed by atoms with Crippen molar-refractivity contribution in [2.24, 2.45) is 23.2 Å². The van der Waals surface area contributed by atoms with Crippen molar-refractivity contribution in [1.82, 2.24) is 0 Å². The summed E-state index contributed by atoms with van der Waals surface area (Å²) >= 11 is 0. The van der Waals surface area contributed by atoms with Crippen LogP contribution in [-0.4, -0.2) is 0 Å². The second-order valence-corrected chi connectivity index (χ2v) is 5.42. The maximum Gasteiger partial charge on any atom is -0.0126 e. The van der Waals surface area contributed by atoms with Gasteiger partial charge in [0.15, 0.2) is 0 Å². The number of hydrogen-bond acceptors (Lipinski definition) is 0. The van der Waals surface area contributed by atoms with Gasteiger partial charge in [-0.25, -0.2) is 0 Å². The van der Waals surface area contributed by atoms with Gasteiger partial charge in [-0.1, -0.05) is 26.0 Å². The van der Waals surface area contributed by atoms with Crippen LogP contribution in [0.1, 0.15) is 40.0 Å². The molecule has 2 aliphatic rings. The first-order valence-corrected chi connectivity index (χ1v) is 5.19. The van der Waals surface area contributed by atoms with Crippen LogP contribution in [0.4, 0.5) is 0 Å². The van der Waals surface area contributed by atoms with Gasteiger partial charge in [-0.2, -0.15) is 0 Å². The molecule has 0 heteroatoms. The summed E-state index contributed by atoms with van der Waals surface area (Å²) in [5, 5.41) is 0. The van der Waals surface area contributed by atoms with Gasteiger partial charge >= 0.3 is 0 Å². The smallest absolute Gasteiger partial charge is 0.0126 e. The first-order valence-electron chi connectivity index (χ1n) is 5.19. The molecule has 68 valence electrons. The molecule has 0 nitrogen and oxygen atoms in total. The predicted octanol–water partition coefficient (Wildman–Crippen LogP) is 3.63. The van der Waals surface area contributed by atoms with Crippen LogP contribution in [0.2, 0.25) is 0 Å². The van der Waals surface area contributed by atoms with Gasteiger partial charge in [-0.05, 0) is 49.4 Å². The first-order chi connectivity index (χ1) is 5.53. The van der Waals surface area contributed by atoms with E-state index in [1.54, 1.807) is 0 Å². The van der Waals surface area contributed by atoms with Gasteiger partial charge in [-0.3, -0.25) is 0 Å². The molecule has 0 aromatic heterocycles. The fourth-order valence-corrected chi connectivity index (χ4v) is 3.89. The van der Waals surface area contributed by atoms with E-state index in [1.807, 2.05) is 0 Å². The molecule has 0 radical (unpaired) electrons. The molecule has 0 N–H and O–H groups in total. The molecule has 2 saturated carbocycles. The summed E-state index contributed by atoms with van der Waals surface area (Å²) in [4.78, 5) is 0. The van der Waals surface area contributed by atoms with Crippen LogP contribution in [-0.2, 0) is 0 Å². The van der Waals surface area contributed by atoms with Crippen molar-refractivity contribution in [3.63, 3.8) is 0 Å². The zero-order valence-corrected chi connectivity index (χ0v) is 8.56. The molecule has 2 bridgehead atoms. The quantitative estimate of drug-likeness (QED) is 0.519. The van der Waals surface area contributed by atoms with Gasteiger partial charge in [0.1, 0.15) is 0 Å². The van der Waals surface area contributed by atoms with Crippen LogP contribution in [0.15, 0.2) is 12.2 Å². The monoisotopic (exact) mass is 164 g/mol. The van der Waals surface area contributed by atoms with Crippen molar-refractivity contribution in [3.8, 4) is 0 Å². The summed E-state index contributed by atoms with van der Waals surface area (Å²) < 4.78 is 0. The topological polar surface area (TPSA) is 0 Å². The normalized spacial score (nSPS) is 43.4. The molecule has 3 atom stereocenters. The Morgan fingerprint density at radius 1 is 1.33 bits per heavy atom. The van der Waals surface area contributed by atoms with Crippen LogP contribution < -0.4 is 0 Å². The Labute approximate surface area is 76.1 Å². The molecule has 0 amide bonds. The maximum atomic E-state index is 4.15. The molecule has 0 unspecified atom stereocenters. The molecule has 0 aromatic carbocycles. The zero-order valence-electron chi connectivity index (χ0n) is 8.56. The Morgan fingerprint density at radius 3 is 2.33 bits per heavy atom. The Bertz CT molecular complexity index is 212. The first kappa shape index (κ1) is 8.34. The Kier molecular flexibility index (Phi) is 1.65. The van der Waals surface area contributed by atoms with Crippen LogP contribution >= 0.6 is 0 Å². The van der Waals surface area contributed by atoms with Crippen molar-refractivity contribution in [2.45, 2.75) is 40.0 Å². The molecule has 0 aromatic rings. The summed E-state index contributed by atoms with van der Waals surface area (Å²) in [6.45, 7) is 11.2. The third-order valence-electron chi connectivity index (χ3n) is 4.33. The van der Waals surface area contributed by atoms with Gasteiger partial charge in [-0.15, -0.1) is 0 Å². The van der Waals surface area contributed by atoms with Crippen LogP contribution in [0.5, 0.6) is 0 Å². The Balaban J connectivity index is 2.29. The zero-order chi connectivity index (χ0) is 8.93. The van der Waals surface area contributed by atoms with Crippen molar-refractivity contribution >= 4 is 0 Å². The maximum absolute atomic E-state index is 4.15.